The zero-order valence-electron chi connectivity index (χ0n) is 16.9. The number of likely N-dealkylation sites (N-methyl/N-ethyl adjacent to an activating group) is 1. The summed E-state index contributed by atoms with van der Waals surface area (Å²) in [7, 11) is 1.60. The van der Waals surface area contributed by atoms with Gasteiger partial charge in [0.2, 0.25) is 5.91 Å². The maximum Gasteiger partial charge on any atom is 0.326 e. The van der Waals surface area contributed by atoms with Crippen LogP contribution in [0.15, 0.2) is 6.20 Å². The summed E-state index contributed by atoms with van der Waals surface area (Å²) in [5.74, 6) is 0.160. The van der Waals surface area contributed by atoms with Crippen molar-refractivity contribution in [2.24, 2.45) is 5.92 Å². The summed E-state index contributed by atoms with van der Waals surface area (Å²) in [5.41, 5.74) is 2.17. The molecule has 0 bridgehead atoms. The predicted octanol–water partition coefficient (Wildman–Crippen LogP) is 3.02. The first-order valence-electron chi connectivity index (χ1n) is 9.74. The highest BCUT2D eigenvalue weighted by Crippen LogP contribution is 2.18. The average Bonchev–Trinajstić information content (AvgIpc) is 2.97. The SMILES string of the molecule is Cc1nc2c([nH]1)CN(CCCCCC(=O)N(C)[C@@H](CC(C)C)C(=O)O)C=C2. The topological polar surface area (TPSA) is 89.5 Å². The number of carbonyl (C=O) groups excluding carboxylic acids is 1. The molecule has 0 radical (unpaired) electrons. The number of carbonyl (C=O) groups is 2. The van der Waals surface area contributed by atoms with E-state index in [-0.39, 0.29) is 11.8 Å². The van der Waals surface area contributed by atoms with E-state index in [2.05, 4.69) is 21.1 Å². The van der Waals surface area contributed by atoms with Crippen LogP contribution in [-0.4, -0.2) is 56.4 Å². The van der Waals surface area contributed by atoms with Gasteiger partial charge in [0.15, 0.2) is 0 Å². The smallest absolute Gasteiger partial charge is 0.326 e. The van der Waals surface area contributed by atoms with Gasteiger partial charge < -0.3 is 19.9 Å². The first-order valence-corrected chi connectivity index (χ1v) is 9.74. The molecule has 2 N–H and O–H groups in total. The Hall–Kier alpha value is -2.31. The van der Waals surface area contributed by atoms with Crippen molar-refractivity contribution in [1.82, 2.24) is 19.8 Å². The van der Waals surface area contributed by atoms with Gasteiger partial charge in [0.25, 0.3) is 0 Å². The molecule has 2 rings (SSSR count). The zero-order chi connectivity index (χ0) is 20.0. The third-order valence-corrected chi connectivity index (χ3v) is 4.91. The number of fused-ring (bicyclic) bond motifs is 1. The van der Waals surface area contributed by atoms with Crippen molar-refractivity contribution in [2.75, 3.05) is 13.6 Å². The first-order chi connectivity index (χ1) is 12.8. The summed E-state index contributed by atoms with van der Waals surface area (Å²) < 4.78 is 0. The van der Waals surface area contributed by atoms with Crippen molar-refractivity contribution >= 4 is 18.0 Å². The van der Waals surface area contributed by atoms with Crippen molar-refractivity contribution in [2.45, 2.75) is 65.5 Å². The van der Waals surface area contributed by atoms with Crippen LogP contribution in [0.3, 0.4) is 0 Å². The van der Waals surface area contributed by atoms with Crippen LogP contribution in [0.1, 0.15) is 63.2 Å². The second-order valence-corrected chi connectivity index (χ2v) is 7.77. The van der Waals surface area contributed by atoms with Gasteiger partial charge >= 0.3 is 5.97 Å². The largest absolute Gasteiger partial charge is 0.480 e. The van der Waals surface area contributed by atoms with E-state index in [0.29, 0.717) is 12.8 Å². The minimum absolute atomic E-state index is 0.0847. The molecule has 1 amide bonds. The molecule has 1 aliphatic rings. The van der Waals surface area contributed by atoms with E-state index in [1.807, 2.05) is 26.8 Å². The van der Waals surface area contributed by atoms with E-state index in [1.165, 1.54) is 4.90 Å². The van der Waals surface area contributed by atoms with Crippen LogP contribution >= 0.6 is 0 Å². The Bertz CT molecular complexity index is 681. The Morgan fingerprint density at radius 3 is 2.74 bits per heavy atom. The Labute approximate surface area is 161 Å². The third kappa shape index (κ3) is 6.12. The molecule has 1 aromatic heterocycles. The van der Waals surface area contributed by atoms with Crippen LogP contribution in [0, 0.1) is 12.8 Å². The molecule has 0 aromatic carbocycles. The van der Waals surface area contributed by atoms with E-state index < -0.39 is 12.0 Å². The molecular formula is C20H32N4O3. The van der Waals surface area contributed by atoms with Crippen LogP contribution < -0.4 is 0 Å². The standard InChI is InChI=1S/C20H32N4O3/c1-14(2)12-18(20(26)27)23(4)19(25)8-6-5-7-10-24-11-9-16-17(13-24)22-15(3)21-16/h9,11,14,18H,5-8,10,12-13H2,1-4H3,(H,21,22)(H,26,27)/t18-/m0/s1. The fraction of sp³-hybridized carbons (Fsp3) is 0.650. The van der Waals surface area contributed by atoms with Gasteiger partial charge in [-0.1, -0.05) is 20.3 Å². The number of H-pyrrole nitrogens is 1. The van der Waals surface area contributed by atoms with Gasteiger partial charge in [-0.15, -0.1) is 0 Å². The highest BCUT2D eigenvalue weighted by Gasteiger charge is 2.26. The normalized spacial score (nSPS) is 14.3. The lowest BCUT2D eigenvalue weighted by Gasteiger charge is -2.26. The minimum atomic E-state index is -0.926. The summed E-state index contributed by atoms with van der Waals surface area (Å²) in [5, 5.41) is 9.35. The zero-order valence-corrected chi connectivity index (χ0v) is 16.9. The number of rotatable bonds is 10. The Balaban J connectivity index is 1.67. The number of carboxylic acids is 1. The van der Waals surface area contributed by atoms with Gasteiger partial charge in [-0.25, -0.2) is 9.78 Å². The maximum atomic E-state index is 12.3. The van der Waals surface area contributed by atoms with Gasteiger partial charge in [-0.3, -0.25) is 4.79 Å². The molecule has 0 unspecified atom stereocenters. The summed E-state index contributed by atoms with van der Waals surface area (Å²) in [6, 6.07) is -0.733. The number of aliphatic carboxylic acids is 1. The lowest BCUT2D eigenvalue weighted by Crippen LogP contribution is -2.43. The van der Waals surface area contributed by atoms with Gasteiger partial charge in [-0.05, 0) is 38.2 Å². The van der Waals surface area contributed by atoms with E-state index >= 15 is 0 Å². The summed E-state index contributed by atoms with van der Waals surface area (Å²) in [6.07, 6.45) is 7.71. The second-order valence-electron chi connectivity index (χ2n) is 7.77. The summed E-state index contributed by atoms with van der Waals surface area (Å²) in [6.45, 7) is 7.67. The van der Waals surface area contributed by atoms with Crippen LogP contribution in [0.5, 0.6) is 0 Å². The number of imidazole rings is 1. The molecule has 2 heterocycles. The molecule has 0 saturated heterocycles. The predicted molar refractivity (Wildman–Crippen MR) is 105 cm³/mol. The lowest BCUT2D eigenvalue weighted by molar-refractivity contribution is -0.149. The molecule has 1 atom stereocenters. The Morgan fingerprint density at radius 1 is 1.33 bits per heavy atom. The monoisotopic (exact) mass is 376 g/mol. The van der Waals surface area contributed by atoms with Crippen LogP contribution in [0.4, 0.5) is 0 Å². The summed E-state index contributed by atoms with van der Waals surface area (Å²) >= 11 is 0. The molecule has 0 aliphatic carbocycles. The van der Waals surface area contributed by atoms with Crippen molar-refractivity contribution in [3.05, 3.63) is 23.4 Å². The first kappa shape index (κ1) is 21.0. The van der Waals surface area contributed by atoms with Crippen molar-refractivity contribution in [3.63, 3.8) is 0 Å². The van der Waals surface area contributed by atoms with Gasteiger partial charge in [-0.2, -0.15) is 0 Å². The maximum absolute atomic E-state index is 12.3. The van der Waals surface area contributed by atoms with Gasteiger partial charge in [0.05, 0.1) is 17.9 Å². The number of aromatic nitrogens is 2. The molecule has 7 heteroatoms. The van der Waals surface area contributed by atoms with E-state index in [9.17, 15) is 14.7 Å². The minimum Gasteiger partial charge on any atom is -0.480 e. The number of amides is 1. The molecule has 150 valence electrons. The average molecular weight is 377 g/mol. The Morgan fingerprint density at radius 2 is 2.07 bits per heavy atom. The second kappa shape index (κ2) is 9.58. The van der Waals surface area contributed by atoms with Crippen LogP contribution in [0.25, 0.3) is 6.08 Å². The third-order valence-electron chi connectivity index (χ3n) is 4.91. The molecule has 0 fully saturated rings. The number of nitrogens with one attached hydrogen (secondary N) is 1. The molecule has 1 aromatic rings. The quantitative estimate of drug-likeness (QED) is 0.613. The molecule has 0 spiro atoms. The van der Waals surface area contributed by atoms with Gasteiger partial charge in [0.1, 0.15) is 11.9 Å². The van der Waals surface area contributed by atoms with Crippen molar-refractivity contribution < 1.29 is 14.7 Å². The van der Waals surface area contributed by atoms with E-state index in [1.54, 1.807) is 7.05 Å². The lowest BCUT2D eigenvalue weighted by atomic mass is 10.0. The van der Waals surface area contributed by atoms with Crippen molar-refractivity contribution in [3.8, 4) is 0 Å². The molecule has 0 saturated carbocycles. The van der Waals surface area contributed by atoms with E-state index in [0.717, 1.165) is 49.6 Å². The number of nitrogens with zero attached hydrogens (tertiary/aromatic N) is 3. The fourth-order valence-electron chi connectivity index (χ4n) is 3.39. The number of hydrogen-bond donors (Lipinski definition) is 2. The van der Waals surface area contributed by atoms with E-state index in [4.69, 9.17) is 0 Å². The number of unbranched alkanes of at least 4 members (excludes halogenated alkanes) is 2. The van der Waals surface area contributed by atoms with Gasteiger partial charge in [0, 0.05) is 26.2 Å². The molecule has 1 aliphatic heterocycles. The fourth-order valence-corrected chi connectivity index (χ4v) is 3.39. The summed E-state index contributed by atoms with van der Waals surface area (Å²) in [4.78, 5) is 35.1. The van der Waals surface area contributed by atoms with Crippen LogP contribution in [0.2, 0.25) is 0 Å². The molecular weight excluding hydrogens is 344 g/mol. The van der Waals surface area contributed by atoms with Crippen molar-refractivity contribution in [1.29, 1.82) is 0 Å². The molecule has 7 nitrogen and oxygen atoms in total. The highest BCUT2D eigenvalue weighted by atomic mass is 16.4. The Kier molecular flexibility index (Phi) is 7.45. The number of aromatic amines is 1. The van der Waals surface area contributed by atoms with Crippen LogP contribution in [-0.2, 0) is 16.1 Å². The highest BCUT2D eigenvalue weighted by molar-refractivity contribution is 5.83. The number of carboxylic acid groups (broad SMARTS) is 1. The molecule has 27 heavy (non-hydrogen) atoms. The number of hydrogen-bond acceptors (Lipinski definition) is 4. The number of aryl methyl sites for hydroxylation is 1.